The molecular weight excluding hydrogens is 386 g/mol. The normalized spacial score (nSPS) is 20.7. The van der Waals surface area contributed by atoms with Gasteiger partial charge in [-0.1, -0.05) is 44.6 Å². The third-order valence-electron chi connectivity index (χ3n) is 5.45. The van der Waals surface area contributed by atoms with Crippen LogP contribution in [-0.4, -0.2) is 53.8 Å². The van der Waals surface area contributed by atoms with Crippen molar-refractivity contribution >= 4 is 11.9 Å². The number of carbonyl (C=O) groups is 2. The molecule has 1 amide bonds. The quantitative estimate of drug-likeness (QED) is 0.455. The van der Waals surface area contributed by atoms with E-state index in [2.05, 4.69) is 0 Å². The Hall–Kier alpha value is -2.44. The molecule has 2 N–H and O–H groups in total. The van der Waals surface area contributed by atoms with Gasteiger partial charge in [-0.3, -0.25) is 4.79 Å². The summed E-state index contributed by atoms with van der Waals surface area (Å²) in [6, 6.07) is -0.762. The molecule has 2 rings (SSSR count). The molecular formula is C23H37NO6. The number of allylic oxidation sites excluding steroid dienone is 2. The first-order valence-corrected chi connectivity index (χ1v) is 10.8. The molecule has 1 unspecified atom stereocenters. The minimum absolute atomic E-state index is 0.0512. The smallest absolute Gasteiger partial charge is 0.326 e. The zero-order chi connectivity index (χ0) is 22.4. The van der Waals surface area contributed by atoms with E-state index in [1.807, 2.05) is 0 Å². The highest BCUT2D eigenvalue weighted by Gasteiger charge is 2.31. The summed E-state index contributed by atoms with van der Waals surface area (Å²) in [5.41, 5.74) is 0.642. The topological polar surface area (TPSA) is 96.3 Å². The molecule has 1 atom stereocenters. The number of carbonyl (C=O) groups excluding carboxylic acids is 1. The van der Waals surface area contributed by atoms with Crippen LogP contribution >= 0.6 is 0 Å². The lowest BCUT2D eigenvalue weighted by atomic mass is 10.0. The Kier molecular flexibility index (Phi) is 12.4. The summed E-state index contributed by atoms with van der Waals surface area (Å²) >= 11 is 0. The maximum Gasteiger partial charge on any atom is 0.326 e. The van der Waals surface area contributed by atoms with Crippen LogP contribution in [-0.2, 0) is 19.1 Å². The van der Waals surface area contributed by atoms with E-state index in [0.29, 0.717) is 18.5 Å². The molecule has 0 aromatic heterocycles. The van der Waals surface area contributed by atoms with E-state index in [4.69, 9.17) is 14.6 Å². The summed E-state index contributed by atoms with van der Waals surface area (Å²) in [6.07, 6.45) is 15.2. The van der Waals surface area contributed by atoms with Crippen LogP contribution < -0.4 is 0 Å². The van der Waals surface area contributed by atoms with E-state index < -0.39 is 12.0 Å². The number of carboxylic acids is 1. The number of amides is 1. The molecule has 7 heteroatoms. The average molecular weight is 424 g/mol. The molecule has 2 aliphatic rings. The first-order valence-electron chi connectivity index (χ1n) is 10.8. The zero-order valence-electron chi connectivity index (χ0n) is 18.6. The molecule has 1 saturated carbocycles. The molecule has 1 heterocycles. The number of aliphatic hydroxyl groups is 1. The summed E-state index contributed by atoms with van der Waals surface area (Å²) in [6.45, 7) is 2.22. The standard InChI is InChI=1S/C17H25NO6.C6H12/c1-4-12(9-14(23-2)15(11-19)24-3)10-16(20)18-8-6-5-7-13(18)17(21)22;1-2-4-6-5-3-1/h4,9,11,13,19H,5-8,10H2,1-3H3,(H,21,22);1-6H2/b12-4+,14-9+,15-11-;. The molecule has 0 aromatic rings. The molecule has 30 heavy (non-hydrogen) atoms. The fraction of sp³-hybridized carbons (Fsp3) is 0.652. The number of piperidine rings is 1. The van der Waals surface area contributed by atoms with Gasteiger partial charge in [0.05, 0.1) is 20.6 Å². The van der Waals surface area contributed by atoms with Gasteiger partial charge >= 0.3 is 5.97 Å². The van der Waals surface area contributed by atoms with Crippen molar-refractivity contribution in [3.63, 3.8) is 0 Å². The van der Waals surface area contributed by atoms with Crippen molar-refractivity contribution in [1.29, 1.82) is 0 Å². The van der Waals surface area contributed by atoms with Crippen LogP contribution in [0.2, 0.25) is 0 Å². The fourth-order valence-electron chi connectivity index (χ4n) is 3.68. The second-order valence-corrected chi connectivity index (χ2v) is 7.51. The van der Waals surface area contributed by atoms with E-state index in [1.54, 1.807) is 19.1 Å². The van der Waals surface area contributed by atoms with Crippen molar-refractivity contribution < 1.29 is 29.3 Å². The van der Waals surface area contributed by atoms with Gasteiger partial charge in [-0.2, -0.15) is 0 Å². The van der Waals surface area contributed by atoms with Crippen LogP contribution in [0.1, 0.15) is 71.1 Å². The van der Waals surface area contributed by atoms with Crippen molar-refractivity contribution in [3.05, 3.63) is 35.5 Å². The van der Waals surface area contributed by atoms with E-state index in [9.17, 15) is 14.7 Å². The highest BCUT2D eigenvalue weighted by molar-refractivity contribution is 5.85. The van der Waals surface area contributed by atoms with Gasteiger partial charge < -0.3 is 24.6 Å². The molecule has 0 aromatic carbocycles. The Morgan fingerprint density at radius 1 is 0.967 bits per heavy atom. The highest BCUT2D eigenvalue weighted by atomic mass is 16.5. The van der Waals surface area contributed by atoms with Crippen LogP contribution in [0.4, 0.5) is 0 Å². The third-order valence-corrected chi connectivity index (χ3v) is 5.45. The van der Waals surface area contributed by atoms with Gasteiger partial charge in [0.2, 0.25) is 5.91 Å². The van der Waals surface area contributed by atoms with Crippen LogP contribution in [0.15, 0.2) is 35.5 Å². The number of aliphatic carboxylic acids is 1. The number of hydrogen-bond donors (Lipinski definition) is 2. The molecule has 170 valence electrons. The molecule has 7 nitrogen and oxygen atoms in total. The van der Waals surface area contributed by atoms with Gasteiger partial charge in [0.1, 0.15) is 12.3 Å². The third kappa shape index (κ3) is 8.51. The van der Waals surface area contributed by atoms with E-state index in [-0.39, 0.29) is 23.8 Å². The van der Waals surface area contributed by atoms with Crippen molar-refractivity contribution in [3.8, 4) is 0 Å². The largest absolute Gasteiger partial charge is 0.512 e. The fourth-order valence-corrected chi connectivity index (χ4v) is 3.68. The monoisotopic (exact) mass is 423 g/mol. The first-order chi connectivity index (χ1) is 14.5. The maximum atomic E-state index is 12.5. The van der Waals surface area contributed by atoms with Crippen LogP contribution in [0.3, 0.4) is 0 Å². The second-order valence-electron chi connectivity index (χ2n) is 7.51. The van der Waals surface area contributed by atoms with E-state index in [0.717, 1.165) is 19.1 Å². The Labute approximate surface area is 180 Å². The van der Waals surface area contributed by atoms with Crippen LogP contribution in [0, 0.1) is 0 Å². The lowest BCUT2D eigenvalue weighted by Crippen LogP contribution is -2.48. The molecule has 1 saturated heterocycles. The van der Waals surface area contributed by atoms with Crippen molar-refractivity contribution in [2.24, 2.45) is 0 Å². The Morgan fingerprint density at radius 2 is 1.53 bits per heavy atom. The number of rotatable bonds is 7. The molecule has 1 aliphatic heterocycles. The minimum Gasteiger partial charge on any atom is -0.512 e. The maximum absolute atomic E-state index is 12.5. The number of nitrogens with zero attached hydrogens (tertiary/aromatic N) is 1. The number of aliphatic hydroxyl groups excluding tert-OH is 1. The number of likely N-dealkylation sites (tertiary alicyclic amines) is 1. The summed E-state index contributed by atoms with van der Waals surface area (Å²) in [5, 5.41) is 18.4. The van der Waals surface area contributed by atoms with Gasteiger partial charge in [-0.15, -0.1) is 0 Å². The summed E-state index contributed by atoms with van der Waals surface area (Å²) < 4.78 is 10.1. The Morgan fingerprint density at radius 3 is 1.97 bits per heavy atom. The van der Waals surface area contributed by atoms with Crippen molar-refractivity contribution in [2.45, 2.75) is 77.2 Å². The SMILES string of the molecule is C1CCCCC1.C\C=C(/C=C(OC)\C(=C\O)OC)CC(=O)N1CCCCC1C(=O)O. The van der Waals surface area contributed by atoms with Crippen molar-refractivity contribution in [2.75, 3.05) is 20.8 Å². The Bertz CT molecular complexity index is 622. The summed E-state index contributed by atoms with van der Waals surface area (Å²) in [5.74, 6) is -0.808. The average Bonchev–Trinajstić information content (AvgIpc) is 2.79. The van der Waals surface area contributed by atoms with Crippen molar-refractivity contribution in [1.82, 2.24) is 4.90 Å². The van der Waals surface area contributed by atoms with Gasteiger partial charge in [0.15, 0.2) is 11.5 Å². The molecule has 0 radical (unpaired) electrons. The molecule has 2 fully saturated rings. The number of methoxy groups -OCH3 is 2. The highest BCUT2D eigenvalue weighted by Crippen LogP contribution is 2.21. The lowest BCUT2D eigenvalue weighted by molar-refractivity contribution is -0.151. The van der Waals surface area contributed by atoms with Crippen LogP contribution in [0.25, 0.3) is 0 Å². The zero-order valence-corrected chi connectivity index (χ0v) is 18.6. The lowest BCUT2D eigenvalue weighted by Gasteiger charge is -2.33. The molecule has 0 bridgehead atoms. The number of carboxylic acid groups (broad SMARTS) is 1. The summed E-state index contributed by atoms with van der Waals surface area (Å²) in [4.78, 5) is 25.3. The molecule has 1 aliphatic carbocycles. The predicted molar refractivity (Wildman–Crippen MR) is 116 cm³/mol. The van der Waals surface area contributed by atoms with Gasteiger partial charge in [-0.25, -0.2) is 4.79 Å². The van der Waals surface area contributed by atoms with Gasteiger partial charge in [0.25, 0.3) is 0 Å². The Balaban J connectivity index is 0.000000637. The predicted octanol–water partition coefficient (Wildman–Crippen LogP) is 4.71. The van der Waals surface area contributed by atoms with Crippen LogP contribution in [0.5, 0.6) is 0 Å². The minimum atomic E-state index is -0.969. The molecule has 0 spiro atoms. The van der Waals surface area contributed by atoms with E-state index >= 15 is 0 Å². The first kappa shape index (κ1) is 25.6. The number of hydrogen-bond acceptors (Lipinski definition) is 5. The second kappa shape index (κ2) is 14.5. The van der Waals surface area contributed by atoms with E-state index in [1.165, 1.54) is 57.6 Å². The summed E-state index contributed by atoms with van der Waals surface area (Å²) in [7, 11) is 2.81. The van der Waals surface area contributed by atoms with Gasteiger partial charge in [0, 0.05) is 6.54 Å². The number of ether oxygens (including phenoxy) is 2. The van der Waals surface area contributed by atoms with Gasteiger partial charge in [-0.05, 0) is 37.8 Å².